The van der Waals surface area contributed by atoms with E-state index in [-0.39, 0.29) is 17.3 Å². The minimum absolute atomic E-state index is 0.0436. The van der Waals surface area contributed by atoms with E-state index in [2.05, 4.69) is 35.9 Å². The molecule has 0 fully saturated rings. The lowest BCUT2D eigenvalue weighted by molar-refractivity contribution is 0.0695. The molecule has 8 heteroatoms. The van der Waals surface area contributed by atoms with Crippen molar-refractivity contribution in [2.45, 2.75) is 6.92 Å². The van der Waals surface area contributed by atoms with Gasteiger partial charge in [0.2, 0.25) is 5.89 Å². The van der Waals surface area contributed by atoms with Gasteiger partial charge in [0, 0.05) is 17.1 Å². The minimum Gasteiger partial charge on any atom is -0.478 e. The van der Waals surface area contributed by atoms with Crippen molar-refractivity contribution >= 4 is 33.5 Å². The molecule has 19 heavy (non-hydrogen) atoms. The van der Waals surface area contributed by atoms with Crippen LogP contribution in [0, 0.1) is 6.92 Å². The van der Waals surface area contributed by atoms with Gasteiger partial charge in [-0.15, -0.1) is 0 Å². The number of aromatic carboxylic acids is 1. The summed E-state index contributed by atoms with van der Waals surface area (Å²) in [6.07, 6.45) is 0. The number of carboxylic acids is 1. The van der Waals surface area contributed by atoms with E-state index >= 15 is 0 Å². The molecule has 1 amide bonds. The summed E-state index contributed by atoms with van der Waals surface area (Å²) in [5.74, 6) is -1.52. The number of aryl methyl sites for hydroxylation is 1. The monoisotopic (exact) mass is 325 g/mol. The number of halogens is 1. The van der Waals surface area contributed by atoms with E-state index in [1.165, 1.54) is 12.1 Å². The number of aromatic nitrogens is 2. The minimum atomic E-state index is -1.10. The SMILES string of the molecule is Cc1nc(C(=O)Nc2ccc(Br)c(C(=O)O)c2)no1. The van der Waals surface area contributed by atoms with Gasteiger partial charge in [0.15, 0.2) is 0 Å². The highest BCUT2D eigenvalue weighted by Gasteiger charge is 2.15. The first-order chi connectivity index (χ1) is 8.97. The lowest BCUT2D eigenvalue weighted by atomic mass is 10.2. The molecule has 7 nitrogen and oxygen atoms in total. The van der Waals surface area contributed by atoms with Crippen LogP contribution in [0.2, 0.25) is 0 Å². The molecular formula is C11H8BrN3O4. The highest BCUT2D eigenvalue weighted by molar-refractivity contribution is 9.10. The maximum Gasteiger partial charge on any atom is 0.336 e. The predicted octanol–water partition coefficient (Wildman–Crippen LogP) is 2.09. The highest BCUT2D eigenvalue weighted by atomic mass is 79.9. The van der Waals surface area contributed by atoms with E-state index in [4.69, 9.17) is 5.11 Å². The first kappa shape index (κ1) is 13.2. The van der Waals surface area contributed by atoms with Crippen LogP contribution in [0.15, 0.2) is 27.2 Å². The van der Waals surface area contributed by atoms with Crippen molar-refractivity contribution in [3.63, 3.8) is 0 Å². The Labute approximate surface area is 115 Å². The van der Waals surface area contributed by atoms with Gasteiger partial charge in [-0.1, -0.05) is 5.16 Å². The average Bonchev–Trinajstić information content (AvgIpc) is 2.78. The molecule has 0 bridgehead atoms. The van der Waals surface area contributed by atoms with Gasteiger partial charge in [0.1, 0.15) is 0 Å². The Balaban J connectivity index is 2.22. The Morgan fingerprint density at radius 1 is 1.42 bits per heavy atom. The van der Waals surface area contributed by atoms with Crippen LogP contribution in [0.25, 0.3) is 0 Å². The maximum absolute atomic E-state index is 11.7. The summed E-state index contributed by atoms with van der Waals surface area (Å²) in [5.41, 5.74) is 0.371. The van der Waals surface area contributed by atoms with Gasteiger partial charge in [-0.25, -0.2) is 4.79 Å². The normalized spacial score (nSPS) is 10.2. The summed E-state index contributed by atoms with van der Waals surface area (Å²) in [6, 6.07) is 4.42. The van der Waals surface area contributed by atoms with Crippen molar-refractivity contribution in [1.82, 2.24) is 10.1 Å². The van der Waals surface area contributed by atoms with Crippen molar-refractivity contribution in [2.24, 2.45) is 0 Å². The number of hydrogen-bond donors (Lipinski definition) is 2. The molecule has 1 aromatic heterocycles. The second kappa shape index (κ2) is 5.19. The van der Waals surface area contributed by atoms with Crippen LogP contribution in [-0.4, -0.2) is 27.1 Å². The van der Waals surface area contributed by atoms with E-state index in [0.717, 1.165) is 0 Å². The molecule has 0 saturated carbocycles. The molecule has 1 heterocycles. The maximum atomic E-state index is 11.7. The molecule has 0 aliphatic carbocycles. The molecule has 0 unspecified atom stereocenters. The van der Waals surface area contributed by atoms with Gasteiger partial charge in [-0.05, 0) is 34.1 Å². The van der Waals surface area contributed by atoms with Crippen LogP contribution in [0.4, 0.5) is 5.69 Å². The molecule has 0 spiro atoms. The number of nitrogens with zero attached hydrogens (tertiary/aromatic N) is 2. The van der Waals surface area contributed by atoms with Crippen molar-refractivity contribution in [3.8, 4) is 0 Å². The molecule has 0 saturated heterocycles. The summed E-state index contributed by atoms with van der Waals surface area (Å²) in [6.45, 7) is 1.56. The largest absolute Gasteiger partial charge is 0.478 e. The zero-order chi connectivity index (χ0) is 14.0. The van der Waals surface area contributed by atoms with Crippen molar-refractivity contribution in [1.29, 1.82) is 0 Å². The van der Waals surface area contributed by atoms with Gasteiger partial charge in [-0.3, -0.25) is 4.79 Å². The average molecular weight is 326 g/mol. The van der Waals surface area contributed by atoms with Crippen LogP contribution in [-0.2, 0) is 0 Å². The first-order valence-corrected chi connectivity index (χ1v) is 5.91. The third-order valence-corrected chi connectivity index (χ3v) is 2.88. The van der Waals surface area contributed by atoms with E-state index in [1.54, 1.807) is 13.0 Å². The smallest absolute Gasteiger partial charge is 0.336 e. The Morgan fingerprint density at radius 2 is 2.16 bits per heavy atom. The molecule has 0 aliphatic rings. The third kappa shape index (κ3) is 2.97. The quantitative estimate of drug-likeness (QED) is 0.895. The van der Waals surface area contributed by atoms with Crippen molar-refractivity contribution in [2.75, 3.05) is 5.32 Å². The number of nitrogens with one attached hydrogen (secondary N) is 1. The second-order valence-electron chi connectivity index (χ2n) is 3.59. The fourth-order valence-electron chi connectivity index (χ4n) is 1.35. The van der Waals surface area contributed by atoms with E-state index in [0.29, 0.717) is 10.2 Å². The van der Waals surface area contributed by atoms with Crippen molar-refractivity contribution in [3.05, 3.63) is 40.0 Å². The number of benzene rings is 1. The number of anilines is 1. The molecule has 2 aromatic rings. The number of carbonyl (C=O) groups excluding carboxylic acids is 1. The van der Waals surface area contributed by atoms with Crippen LogP contribution >= 0.6 is 15.9 Å². The molecule has 0 atom stereocenters. The number of hydrogen-bond acceptors (Lipinski definition) is 5. The zero-order valence-electron chi connectivity index (χ0n) is 9.68. The second-order valence-corrected chi connectivity index (χ2v) is 4.45. The van der Waals surface area contributed by atoms with Gasteiger partial charge >= 0.3 is 5.97 Å². The van der Waals surface area contributed by atoms with Gasteiger partial charge in [-0.2, -0.15) is 4.98 Å². The van der Waals surface area contributed by atoms with Crippen LogP contribution in [0.5, 0.6) is 0 Å². The first-order valence-electron chi connectivity index (χ1n) is 5.12. The van der Waals surface area contributed by atoms with Gasteiger partial charge in [0.25, 0.3) is 11.7 Å². The third-order valence-electron chi connectivity index (χ3n) is 2.19. The van der Waals surface area contributed by atoms with E-state index in [9.17, 15) is 9.59 Å². The van der Waals surface area contributed by atoms with Crippen LogP contribution in [0.1, 0.15) is 26.9 Å². The molecule has 0 aliphatic heterocycles. The van der Waals surface area contributed by atoms with E-state index in [1.807, 2.05) is 0 Å². The van der Waals surface area contributed by atoms with Crippen LogP contribution < -0.4 is 5.32 Å². The Kier molecular flexibility index (Phi) is 3.61. The summed E-state index contributed by atoms with van der Waals surface area (Å²) in [4.78, 5) is 26.5. The standard InChI is InChI=1S/C11H8BrN3O4/c1-5-13-9(15-19-5)10(16)14-6-2-3-8(12)7(4-6)11(17)18/h2-4H,1H3,(H,14,16)(H,17,18). The Hall–Kier alpha value is -2.22. The summed E-state index contributed by atoms with van der Waals surface area (Å²) < 4.78 is 5.11. The van der Waals surface area contributed by atoms with E-state index < -0.39 is 11.9 Å². The molecule has 2 N–H and O–H groups in total. The lowest BCUT2D eigenvalue weighted by Crippen LogP contribution is -2.14. The Bertz CT molecular complexity index is 653. The summed E-state index contributed by atoms with van der Waals surface area (Å²) in [5, 5.41) is 14.9. The fourth-order valence-corrected chi connectivity index (χ4v) is 1.76. The number of amides is 1. The number of rotatable bonds is 3. The number of carbonyl (C=O) groups is 2. The molecule has 0 radical (unpaired) electrons. The molecule has 1 aromatic carbocycles. The molecule has 2 rings (SSSR count). The molecular weight excluding hydrogens is 318 g/mol. The highest BCUT2D eigenvalue weighted by Crippen LogP contribution is 2.21. The lowest BCUT2D eigenvalue weighted by Gasteiger charge is -2.05. The topological polar surface area (TPSA) is 105 Å². The van der Waals surface area contributed by atoms with Gasteiger partial charge in [0.05, 0.1) is 5.56 Å². The predicted molar refractivity (Wildman–Crippen MR) is 68.1 cm³/mol. The zero-order valence-corrected chi connectivity index (χ0v) is 11.3. The Morgan fingerprint density at radius 3 is 2.74 bits per heavy atom. The molecule has 98 valence electrons. The fraction of sp³-hybridized carbons (Fsp3) is 0.0909. The van der Waals surface area contributed by atoms with Crippen molar-refractivity contribution < 1.29 is 19.2 Å². The summed E-state index contributed by atoms with van der Waals surface area (Å²) in [7, 11) is 0. The summed E-state index contributed by atoms with van der Waals surface area (Å²) >= 11 is 3.11. The van der Waals surface area contributed by atoms with Gasteiger partial charge < -0.3 is 14.9 Å². The van der Waals surface area contributed by atoms with Crippen LogP contribution in [0.3, 0.4) is 0 Å². The number of carboxylic acid groups (broad SMARTS) is 1.